The standard InChI is InChI=1S/C40H61IN6/c1-25(2)45-15-16-47(38(41)24-45)32-9-10-37(43-21-32)26(3)35-18-31(22-44(8)28(35)5)33-11-13-42-39(27(33)4)46-14-12-34-30(23-46)17-29-19-40(6,7)20-36(29)34/h9-10,21-22,25-26,28,30,34-35,38-39,42H,11-20,23-24H2,1-8H3/t26-,28?,30?,34?,35?,38-,39?/m1/s1. The maximum atomic E-state index is 5.13. The highest BCUT2D eigenvalue weighted by Gasteiger charge is 2.46. The van der Waals surface area contributed by atoms with E-state index in [1.165, 1.54) is 50.2 Å². The Balaban J connectivity index is 1.03. The second-order valence-electron chi connectivity index (χ2n) is 17.1. The summed E-state index contributed by atoms with van der Waals surface area (Å²) in [6.45, 7) is 23.7. The van der Waals surface area contributed by atoms with Crippen LogP contribution in [0.5, 0.6) is 0 Å². The number of piperazine rings is 1. The fourth-order valence-corrected chi connectivity index (χ4v) is 11.6. The second kappa shape index (κ2) is 13.4. The third kappa shape index (κ3) is 6.61. The van der Waals surface area contributed by atoms with Gasteiger partial charge in [0.1, 0.15) is 0 Å². The van der Waals surface area contributed by atoms with Gasteiger partial charge in [-0.25, -0.2) is 0 Å². The molecule has 7 heteroatoms. The van der Waals surface area contributed by atoms with Gasteiger partial charge in [0, 0.05) is 76.2 Å². The Labute approximate surface area is 299 Å². The van der Waals surface area contributed by atoms with Gasteiger partial charge in [-0.15, -0.1) is 0 Å². The summed E-state index contributed by atoms with van der Waals surface area (Å²) in [5.41, 5.74) is 11.5. The number of aromatic nitrogens is 1. The molecule has 0 radical (unpaired) electrons. The van der Waals surface area contributed by atoms with Crippen LogP contribution in [0.4, 0.5) is 5.69 Å². The predicted molar refractivity (Wildman–Crippen MR) is 205 cm³/mol. The van der Waals surface area contributed by atoms with E-state index in [0.717, 1.165) is 50.9 Å². The van der Waals surface area contributed by atoms with Crippen molar-refractivity contribution in [2.45, 2.75) is 115 Å². The molecule has 6 nitrogen and oxygen atoms in total. The Morgan fingerprint density at radius 3 is 2.57 bits per heavy atom. The van der Waals surface area contributed by atoms with Crippen molar-refractivity contribution in [3.05, 3.63) is 58.1 Å². The number of alkyl halides is 1. The first kappa shape index (κ1) is 34.0. The van der Waals surface area contributed by atoms with Crippen LogP contribution in [0, 0.1) is 23.2 Å². The normalized spacial score (nSPS) is 34.2. The highest BCUT2D eigenvalue weighted by atomic mass is 127. The minimum Gasteiger partial charge on any atom is -0.377 e. The average molecular weight is 753 g/mol. The number of hydrogen-bond donors (Lipinski definition) is 1. The van der Waals surface area contributed by atoms with Crippen LogP contribution in [0.2, 0.25) is 0 Å². The zero-order chi connectivity index (χ0) is 33.2. The first-order valence-electron chi connectivity index (χ1n) is 18.8. The fourth-order valence-electron chi connectivity index (χ4n) is 10.4. The molecule has 0 amide bonds. The Hall–Kier alpha value is -1.42. The van der Waals surface area contributed by atoms with Crippen LogP contribution in [-0.2, 0) is 0 Å². The summed E-state index contributed by atoms with van der Waals surface area (Å²) in [7, 11) is 2.30. The summed E-state index contributed by atoms with van der Waals surface area (Å²) in [4.78, 5) is 15.6. The number of allylic oxidation sites excluding steroid dienone is 3. The van der Waals surface area contributed by atoms with Gasteiger partial charge in [0.25, 0.3) is 0 Å². The van der Waals surface area contributed by atoms with Gasteiger partial charge in [-0.05, 0) is 118 Å². The van der Waals surface area contributed by atoms with Crippen LogP contribution in [0.25, 0.3) is 0 Å². The summed E-state index contributed by atoms with van der Waals surface area (Å²) in [6.07, 6.45) is 12.7. The number of rotatable bonds is 6. The number of anilines is 1. The highest BCUT2D eigenvalue weighted by molar-refractivity contribution is 14.1. The molecule has 7 atom stereocenters. The molecule has 258 valence electrons. The Morgan fingerprint density at radius 1 is 1.04 bits per heavy atom. The van der Waals surface area contributed by atoms with Crippen molar-refractivity contribution in [1.29, 1.82) is 0 Å². The first-order chi connectivity index (χ1) is 22.4. The number of likely N-dealkylation sites (tertiary alicyclic amines) is 1. The Kier molecular flexibility index (Phi) is 9.69. The fraction of sp³-hybridized carbons (Fsp3) is 0.725. The monoisotopic (exact) mass is 752 g/mol. The molecule has 0 spiro atoms. The molecular weight excluding hydrogens is 691 g/mol. The maximum absolute atomic E-state index is 5.13. The van der Waals surface area contributed by atoms with Gasteiger partial charge in [0.05, 0.1) is 22.1 Å². The molecule has 6 aliphatic rings. The molecule has 0 aromatic carbocycles. The highest BCUT2D eigenvalue weighted by Crippen LogP contribution is 2.55. The van der Waals surface area contributed by atoms with Crippen molar-refractivity contribution < 1.29 is 0 Å². The number of piperidine rings is 1. The molecule has 2 fully saturated rings. The molecule has 0 bridgehead atoms. The van der Waals surface area contributed by atoms with Gasteiger partial charge in [-0.3, -0.25) is 20.1 Å². The van der Waals surface area contributed by atoms with Crippen LogP contribution < -0.4 is 10.2 Å². The Bertz CT molecular complexity index is 1410. The smallest absolute Gasteiger partial charge is 0.0936 e. The molecule has 7 rings (SSSR count). The number of nitrogens with one attached hydrogen (secondary N) is 1. The molecule has 5 unspecified atom stereocenters. The van der Waals surface area contributed by atoms with E-state index in [1.54, 1.807) is 16.7 Å². The lowest BCUT2D eigenvalue weighted by atomic mass is 9.75. The SMILES string of the molecule is CC1=C(C2=CN(C)C(C)C([C@@H](C)c3ccc(N4CCN(C(C)C)C[C@@H]4I)cn3)C2)CCNC1N1CCC2C3=C(CC2C1)CC(C)(C)C3. The van der Waals surface area contributed by atoms with E-state index in [2.05, 4.69) is 128 Å². The molecular formula is C40H61IN6. The summed E-state index contributed by atoms with van der Waals surface area (Å²) in [6, 6.07) is 5.76. The predicted octanol–water partition coefficient (Wildman–Crippen LogP) is 7.80. The van der Waals surface area contributed by atoms with Crippen LogP contribution in [-0.4, -0.2) is 88.3 Å². The molecule has 4 aliphatic heterocycles. The van der Waals surface area contributed by atoms with Crippen molar-refractivity contribution in [2.24, 2.45) is 23.2 Å². The van der Waals surface area contributed by atoms with Crippen molar-refractivity contribution in [2.75, 3.05) is 51.2 Å². The largest absolute Gasteiger partial charge is 0.377 e. The summed E-state index contributed by atoms with van der Waals surface area (Å²) in [5, 5.41) is 3.97. The van der Waals surface area contributed by atoms with Crippen molar-refractivity contribution >= 4 is 28.3 Å². The van der Waals surface area contributed by atoms with E-state index < -0.39 is 0 Å². The number of hydrogen-bond acceptors (Lipinski definition) is 6. The average Bonchev–Trinajstić information content (AvgIpc) is 3.52. The molecule has 5 heterocycles. The lowest BCUT2D eigenvalue weighted by Gasteiger charge is -2.45. The number of nitrogens with zero attached hydrogens (tertiary/aromatic N) is 5. The topological polar surface area (TPSA) is 37.9 Å². The third-order valence-corrected chi connectivity index (χ3v) is 14.3. The van der Waals surface area contributed by atoms with Gasteiger partial charge in [-0.2, -0.15) is 0 Å². The molecule has 1 aromatic heterocycles. The maximum Gasteiger partial charge on any atom is 0.0936 e. The minimum atomic E-state index is 0.381. The van der Waals surface area contributed by atoms with Gasteiger partial charge < -0.3 is 9.80 Å². The van der Waals surface area contributed by atoms with E-state index in [9.17, 15) is 0 Å². The lowest BCUT2D eigenvalue weighted by molar-refractivity contribution is 0.0928. The molecule has 2 saturated heterocycles. The minimum absolute atomic E-state index is 0.381. The molecule has 1 aromatic rings. The number of pyridine rings is 1. The van der Waals surface area contributed by atoms with Crippen LogP contribution >= 0.6 is 22.6 Å². The summed E-state index contributed by atoms with van der Waals surface area (Å²) < 4.78 is 0.480. The van der Waals surface area contributed by atoms with Crippen molar-refractivity contribution in [3.63, 3.8) is 0 Å². The second-order valence-corrected chi connectivity index (χ2v) is 18.6. The van der Waals surface area contributed by atoms with Crippen LogP contribution in [0.3, 0.4) is 0 Å². The van der Waals surface area contributed by atoms with Crippen molar-refractivity contribution in [1.82, 2.24) is 25.0 Å². The van der Waals surface area contributed by atoms with Crippen LogP contribution in [0.1, 0.15) is 98.6 Å². The van der Waals surface area contributed by atoms with Crippen molar-refractivity contribution in [3.8, 4) is 0 Å². The number of halogens is 1. The van der Waals surface area contributed by atoms with Gasteiger partial charge in [0.15, 0.2) is 0 Å². The number of fused-ring (bicyclic) bond motifs is 2. The van der Waals surface area contributed by atoms with E-state index in [-0.39, 0.29) is 0 Å². The van der Waals surface area contributed by atoms with E-state index in [0.29, 0.717) is 39.5 Å². The van der Waals surface area contributed by atoms with E-state index in [1.807, 2.05) is 11.1 Å². The summed E-state index contributed by atoms with van der Waals surface area (Å²) >= 11 is 2.62. The quantitative estimate of drug-likeness (QED) is 0.139. The van der Waals surface area contributed by atoms with Gasteiger partial charge in [-0.1, -0.05) is 54.5 Å². The van der Waals surface area contributed by atoms with E-state index in [4.69, 9.17) is 4.98 Å². The van der Waals surface area contributed by atoms with Gasteiger partial charge in [0.2, 0.25) is 0 Å². The third-order valence-electron chi connectivity index (χ3n) is 13.3. The van der Waals surface area contributed by atoms with Crippen LogP contribution in [0.15, 0.2) is 52.4 Å². The zero-order valence-electron chi connectivity index (χ0n) is 30.5. The van der Waals surface area contributed by atoms with E-state index >= 15 is 0 Å². The summed E-state index contributed by atoms with van der Waals surface area (Å²) in [5.74, 6) is 2.63. The lowest BCUT2D eigenvalue weighted by Crippen LogP contribution is -2.54. The molecule has 2 aliphatic carbocycles. The Morgan fingerprint density at radius 2 is 1.85 bits per heavy atom. The first-order valence-corrected chi connectivity index (χ1v) is 20.1. The molecule has 47 heavy (non-hydrogen) atoms. The van der Waals surface area contributed by atoms with Gasteiger partial charge >= 0.3 is 0 Å². The molecule has 1 N–H and O–H groups in total. The zero-order valence-corrected chi connectivity index (χ0v) is 32.7. The molecule has 0 saturated carbocycles.